The van der Waals surface area contributed by atoms with E-state index >= 15 is 0 Å². The van der Waals surface area contributed by atoms with Crippen molar-refractivity contribution in [1.82, 2.24) is 0 Å². The van der Waals surface area contributed by atoms with Gasteiger partial charge in [-0.15, -0.1) is 0 Å². The summed E-state index contributed by atoms with van der Waals surface area (Å²) in [5.41, 5.74) is -0.454. The predicted octanol–water partition coefficient (Wildman–Crippen LogP) is 2.48. The van der Waals surface area contributed by atoms with E-state index < -0.39 is 5.60 Å². The number of alkyl halides is 1. The standard InChI is InChI=1S/C10H19BrO2/c1-9(2,12)5-4-6-10(3)8(7-11)13-10/h8,12H,4-7H2,1-3H3/t8-,10-/m0/s1. The van der Waals surface area contributed by atoms with Gasteiger partial charge in [0.05, 0.1) is 17.3 Å². The number of epoxide rings is 1. The van der Waals surface area contributed by atoms with Crippen LogP contribution in [-0.4, -0.2) is 27.7 Å². The quantitative estimate of drug-likeness (QED) is 0.601. The lowest BCUT2D eigenvalue weighted by molar-refractivity contribution is 0.0662. The molecule has 1 fully saturated rings. The molecule has 0 aromatic rings. The number of aliphatic hydroxyl groups is 1. The Kier molecular flexibility index (Phi) is 3.42. The summed E-state index contributed by atoms with van der Waals surface area (Å²) in [4.78, 5) is 0. The highest BCUT2D eigenvalue weighted by Gasteiger charge is 2.50. The normalized spacial score (nSPS) is 33.5. The highest BCUT2D eigenvalue weighted by molar-refractivity contribution is 9.09. The molecule has 3 heteroatoms. The van der Waals surface area contributed by atoms with Gasteiger partial charge in [0.1, 0.15) is 0 Å². The van der Waals surface area contributed by atoms with Crippen LogP contribution in [0.3, 0.4) is 0 Å². The fraction of sp³-hybridized carbons (Fsp3) is 1.00. The molecule has 1 heterocycles. The van der Waals surface area contributed by atoms with Crippen molar-refractivity contribution in [3.05, 3.63) is 0 Å². The molecule has 0 radical (unpaired) electrons. The highest BCUT2D eigenvalue weighted by Crippen LogP contribution is 2.41. The Bertz CT molecular complexity index is 176. The summed E-state index contributed by atoms with van der Waals surface area (Å²) < 4.78 is 5.54. The van der Waals surface area contributed by atoms with Gasteiger partial charge in [-0.1, -0.05) is 15.9 Å². The van der Waals surface area contributed by atoms with E-state index in [-0.39, 0.29) is 5.60 Å². The van der Waals surface area contributed by atoms with Gasteiger partial charge in [0, 0.05) is 5.33 Å². The molecule has 1 aliphatic rings. The minimum absolute atomic E-state index is 0.0781. The molecule has 1 rings (SSSR count). The molecule has 0 aromatic heterocycles. The first-order valence-corrected chi connectivity index (χ1v) is 5.96. The number of halogens is 1. The molecule has 78 valence electrons. The second-order valence-electron chi connectivity index (χ2n) is 4.74. The third-order valence-corrected chi connectivity index (χ3v) is 3.23. The zero-order valence-electron chi connectivity index (χ0n) is 8.64. The van der Waals surface area contributed by atoms with Crippen LogP contribution in [0.15, 0.2) is 0 Å². The Hall–Kier alpha value is 0.400. The molecule has 0 saturated carbocycles. The number of hydrogen-bond donors (Lipinski definition) is 1. The van der Waals surface area contributed by atoms with Gasteiger partial charge >= 0.3 is 0 Å². The highest BCUT2D eigenvalue weighted by atomic mass is 79.9. The third kappa shape index (κ3) is 3.56. The maximum Gasteiger partial charge on any atom is 0.0967 e. The van der Waals surface area contributed by atoms with Crippen molar-refractivity contribution in [2.45, 2.75) is 57.3 Å². The van der Waals surface area contributed by atoms with E-state index in [1.807, 2.05) is 13.8 Å². The van der Waals surface area contributed by atoms with Gasteiger partial charge in [0.15, 0.2) is 0 Å². The van der Waals surface area contributed by atoms with Gasteiger partial charge in [-0.2, -0.15) is 0 Å². The first-order chi connectivity index (χ1) is 5.87. The molecule has 0 aliphatic carbocycles. The summed E-state index contributed by atoms with van der Waals surface area (Å²) in [6.07, 6.45) is 3.31. The van der Waals surface area contributed by atoms with Gasteiger partial charge in [-0.25, -0.2) is 0 Å². The molecule has 1 N–H and O–H groups in total. The van der Waals surface area contributed by atoms with Crippen LogP contribution in [0.2, 0.25) is 0 Å². The molecule has 0 aromatic carbocycles. The van der Waals surface area contributed by atoms with Crippen LogP contribution in [0.1, 0.15) is 40.0 Å². The Morgan fingerprint density at radius 3 is 2.54 bits per heavy atom. The second-order valence-corrected chi connectivity index (χ2v) is 5.39. The molecule has 0 unspecified atom stereocenters. The summed E-state index contributed by atoms with van der Waals surface area (Å²) in [5.74, 6) is 0. The smallest absolute Gasteiger partial charge is 0.0967 e. The average molecular weight is 251 g/mol. The topological polar surface area (TPSA) is 32.8 Å². The van der Waals surface area contributed by atoms with Gasteiger partial charge in [0.2, 0.25) is 0 Å². The average Bonchev–Trinajstić information content (AvgIpc) is 2.59. The molecule has 0 spiro atoms. The summed E-state index contributed by atoms with van der Waals surface area (Å²) in [6.45, 7) is 5.85. The van der Waals surface area contributed by atoms with E-state index in [1.165, 1.54) is 0 Å². The molecule has 2 atom stereocenters. The van der Waals surface area contributed by atoms with Crippen molar-refractivity contribution >= 4 is 15.9 Å². The largest absolute Gasteiger partial charge is 0.390 e. The molecular formula is C10H19BrO2. The van der Waals surface area contributed by atoms with Crippen LogP contribution >= 0.6 is 15.9 Å². The Morgan fingerprint density at radius 2 is 2.15 bits per heavy atom. The Balaban J connectivity index is 2.14. The van der Waals surface area contributed by atoms with Crippen molar-refractivity contribution in [3.63, 3.8) is 0 Å². The molecular weight excluding hydrogens is 232 g/mol. The SMILES string of the molecule is CC(C)(O)CCC[C@]1(C)O[C@H]1CBr. The van der Waals surface area contributed by atoms with Gasteiger partial charge in [-0.05, 0) is 40.0 Å². The van der Waals surface area contributed by atoms with Crippen molar-refractivity contribution < 1.29 is 9.84 Å². The predicted molar refractivity (Wildman–Crippen MR) is 57.2 cm³/mol. The van der Waals surface area contributed by atoms with Crippen LogP contribution < -0.4 is 0 Å². The Morgan fingerprint density at radius 1 is 1.54 bits per heavy atom. The summed E-state index contributed by atoms with van der Waals surface area (Å²) in [5, 5.41) is 10.4. The number of rotatable bonds is 5. The lowest BCUT2D eigenvalue weighted by Gasteiger charge is -2.17. The first-order valence-electron chi connectivity index (χ1n) is 4.83. The number of ether oxygens (including phenoxy) is 1. The second kappa shape index (κ2) is 3.87. The van der Waals surface area contributed by atoms with Crippen LogP contribution in [0.25, 0.3) is 0 Å². The van der Waals surface area contributed by atoms with Gasteiger partial charge < -0.3 is 9.84 Å². The van der Waals surface area contributed by atoms with Crippen LogP contribution in [0.5, 0.6) is 0 Å². The molecule has 13 heavy (non-hydrogen) atoms. The van der Waals surface area contributed by atoms with Crippen molar-refractivity contribution in [2.24, 2.45) is 0 Å². The third-order valence-electron chi connectivity index (χ3n) is 2.64. The summed E-state index contributed by atoms with van der Waals surface area (Å²) in [7, 11) is 0. The van der Waals surface area contributed by atoms with Crippen molar-refractivity contribution in [1.29, 1.82) is 0 Å². The van der Waals surface area contributed by atoms with E-state index in [1.54, 1.807) is 0 Å². The zero-order valence-corrected chi connectivity index (χ0v) is 10.2. The zero-order chi connectivity index (χ0) is 10.1. The van der Waals surface area contributed by atoms with E-state index in [9.17, 15) is 5.11 Å². The molecule has 1 aliphatic heterocycles. The lowest BCUT2D eigenvalue weighted by Crippen LogP contribution is -2.20. The van der Waals surface area contributed by atoms with Crippen LogP contribution in [0.4, 0.5) is 0 Å². The minimum Gasteiger partial charge on any atom is -0.390 e. The van der Waals surface area contributed by atoms with Crippen molar-refractivity contribution in [2.75, 3.05) is 5.33 Å². The summed E-state index contributed by atoms with van der Waals surface area (Å²) >= 11 is 3.41. The molecule has 0 bridgehead atoms. The molecule has 0 amide bonds. The van der Waals surface area contributed by atoms with Gasteiger partial charge in [0.25, 0.3) is 0 Å². The summed E-state index contributed by atoms with van der Waals surface area (Å²) in [6, 6.07) is 0. The van der Waals surface area contributed by atoms with E-state index in [0.29, 0.717) is 6.10 Å². The fourth-order valence-electron chi connectivity index (χ4n) is 1.58. The van der Waals surface area contributed by atoms with E-state index in [4.69, 9.17) is 4.74 Å². The monoisotopic (exact) mass is 250 g/mol. The minimum atomic E-state index is -0.533. The van der Waals surface area contributed by atoms with Crippen molar-refractivity contribution in [3.8, 4) is 0 Å². The Labute approximate surface area is 88.8 Å². The van der Waals surface area contributed by atoms with E-state index in [2.05, 4.69) is 22.9 Å². The van der Waals surface area contributed by atoms with Gasteiger partial charge in [-0.3, -0.25) is 0 Å². The number of hydrogen-bond acceptors (Lipinski definition) is 2. The lowest BCUT2D eigenvalue weighted by atomic mass is 9.95. The van der Waals surface area contributed by atoms with Crippen LogP contribution in [0, 0.1) is 0 Å². The molecule has 2 nitrogen and oxygen atoms in total. The first kappa shape index (κ1) is 11.5. The maximum absolute atomic E-state index is 9.51. The van der Waals surface area contributed by atoms with Crippen LogP contribution in [-0.2, 0) is 4.74 Å². The fourth-order valence-corrected chi connectivity index (χ4v) is 2.39. The van der Waals surface area contributed by atoms with E-state index in [0.717, 1.165) is 24.6 Å². The molecule has 1 saturated heterocycles. The maximum atomic E-state index is 9.51.